The SMILES string of the molecule is CC1CC(C#N)N(C(=O)C(CN2CC3CC2C(=O)N3C(C)c2cccc(C(F)(F)F)c2)NC(=O)OC(C)(C)C)C1. The van der Waals surface area contributed by atoms with Crippen LogP contribution < -0.4 is 5.32 Å². The number of fused-ring (bicyclic) bond motifs is 2. The third-order valence-electron chi connectivity index (χ3n) is 7.78. The number of carbonyl (C=O) groups is 3. The molecule has 0 aliphatic carbocycles. The number of nitrogens with zero attached hydrogens (tertiary/aromatic N) is 4. The van der Waals surface area contributed by atoms with Crippen LogP contribution in [0.15, 0.2) is 24.3 Å². The summed E-state index contributed by atoms with van der Waals surface area (Å²) in [5.74, 6) is -0.508. The number of hydrogen-bond donors (Lipinski definition) is 1. The minimum absolute atomic E-state index is 0.0415. The van der Waals surface area contributed by atoms with Crippen LogP contribution in [0.3, 0.4) is 0 Å². The Morgan fingerprint density at radius 2 is 1.90 bits per heavy atom. The van der Waals surface area contributed by atoms with Crippen LogP contribution in [-0.2, 0) is 20.5 Å². The van der Waals surface area contributed by atoms with Gasteiger partial charge in [0.15, 0.2) is 0 Å². The number of piperazine rings is 1. The van der Waals surface area contributed by atoms with Crippen molar-refractivity contribution in [2.45, 2.75) is 89.4 Å². The monoisotopic (exact) mass is 563 g/mol. The average molecular weight is 564 g/mol. The minimum Gasteiger partial charge on any atom is -0.444 e. The molecule has 218 valence electrons. The Morgan fingerprint density at radius 3 is 2.50 bits per heavy atom. The Kier molecular flexibility index (Phi) is 8.09. The number of nitriles is 1. The number of benzene rings is 1. The molecule has 1 aromatic rings. The molecular weight excluding hydrogens is 527 g/mol. The molecule has 12 heteroatoms. The molecule has 40 heavy (non-hydrogen) atoms. The Balaban J connectivity index is 1.50. The smallest absolute Gasteiger partial charge is 0.416 e. The molecule has 1 aromatic carbocycles. The van der Waals surface area contributed by atoms with Crippen LogP contribution >= 0.6 is 0 Å². The molecule has 1 N–H and O–H groups in total. The van der Waals surface area contributed by atoms with Gasteiger partial charge < -0.3 is 19.9 Å². The zero-order valence-corrected chi connectivity index (χ0v) is 23.4. The highest BCUT2D eigenvalue weighted by molar-refractivity contribution is 5.88. The first kappa shape index (κ1) is 29.6. The van der Waals surface area contributed by atoms with Gasteiger partial charge >= 0.3 is 12.3 Å². The van der Waals surface area contributed by atoms with Crippen LogP contribution in [0.5, 0.6) is 0 Å². The van der Waals surface area contributed by atoms with E-state index < -0.39 is 53.5 Å². The van der Waals surface area contributed by atoms with Gasteiger partial charge in [0.1, 0.15) is 17.7 Å². The zero-order chi connectivity index (χ0) is 29.6. The molecule has 6 atom stereocenters. The summed E-state index contributed by atoms with van der Waals surface area (Å²) in [6, 6.07) is 4.12. The molecule has 3 aliphatic rings. The molecule has 3 heterocycles. The van der Waals surface area contributed by atoms with Gasteiger partial charge in [-0.05, 0) is 64.2 Å². The molecule has 3 aliphatic heterocycles. The Bertz CT molecular complexity index is 1190. The van der Waals surface area contributed by atoms with Crippen molar-refractivity contribution in [1.29, 1.82) is 5.26 Å². The molecule has 9 nitrogen and oxygen atoms in total. The quantitative estimate of drug-likeness (QED) is 0.566. The minimum atomic E-state index is -4.49. The van der Waals surface area contributed by atoms with Crippen molar-refractivity contribution in [3.05, 3.63) is 35.4 Å². The summed E-state index contributed by atoms with van der Waals surface area (Å²) in [7, 11) is 0. The fraction of sp³-hybridized carbons (Fsp3) is 0.643. The number of nitrogens with one attached hydrogen (secondary N) is 1. The summed E-state index contributed by atoms with van der Waals surface area (Å²) in [6.45, 7) is 9.60. The summed E-state index contributed by atoms with van der Waals surface area (Å²) in [5, 5.41) is 12.2. The Hall–Kier alpha value is -3.33. The van der Waals surface area contributed by atoms with Crippen molar-refractivity contribution in [2.24, 2.45) is 5.92 Å². The number of hydrogen-bond acceptors (Lipinski definition) is 6. The third-order valence-corrected chi connectivity index (χ3v) is 7.78. The topological polar surface area (TPSA) is 106 Å². The number of carbonyl (C=O) groups excluding carboxylic acids is 3. The number of rotatable bonds is 6. The van der Waals surface area contributed by atoms with Crippen molar-refractivity contribution < 1.29 is 32.3 Å². The molecule has 3 saturated heterocycles. The lowest BCUT2D eigenvalue weighted by atomic mass is 10.0. The Labute approximate surface area is 232 Å². The van der Waals surface area contributed by atoms with Crippen molar-refractivity contribution in [2.75, 3.05) is 19.6 Å². The lowest BCUT2D eigenvalue weighted by Gasteiger charge is -2.39. The molecule has 0 saturated carbocycles. The second-order valence-electron chi connectivity index (χ2n) is 12.1. The first-order valence-corrected chi connectivity index (χ1v) is 13.5. The molecule has 2 bridgehead atoms. The van der Waals surface area contributed by atoms with E-state index in [1.54, 1.807) is 38.7 Å². The molecule has 3 fully saturated rings. The molecular formula is C28H36F3N5O4. The van der Waals surface area contributed by atoms with E-state index in [4.69, 9.17) is 4.74 Å². The van der Waals surface area contributed by atoms with Gasteiger partial charge in [0.2, 0.25) is 11.8 Å². The van der Waals surface area contributed by atoms with E-state index in [-0.39, 0.29) is 24.4 Å². The van der Waals surface area contributed by atoms with Gasteiger partial charge in [-0.15, -0.1) is 0 Å². The molecule has 0 spiro atoms. The number of likely N-dealkylation sites (tertiary alicyclic amines) is 3. The number of alkyl carbamates (subject to hydrolysis) is 1. The first-order valence-electron chi connectivity index (χ1n) is 13.5. The van der Waals surface area contributed by atoms with Crippen LogP contribution in [0.4, 0.5) is 18.0 Å². The summed E-state index contributed by atoms with van der Waals surface area (Å²) in [5.41, 5.74) is -1.16. The highest BCUT2D eigenvalue weighted by Crippen LogP contribution is 2.39. The molecule has 3 amide bonds. The predicted octanol–water partition coefficient (Wildman–Crippen LogP) is 3.71. The van der Waals surface area contributed by atoms with Crippen LogP contribution in [0.1, 0.15) is 64.6 Å². The number of halogens is 3. The lowest BCUT2D eigenvalue weighted by Crippen LogP contribution is -2.59. The highest BCUT2D eigenvalue weighted by Gasteiger charge is 2.52. The van der Waals surface area contributed by atoms with Crippen molar-refractivity contribution in [1.82, 2.24) is 20.0 Å². The normalized spacial score (nSPS) is 26.5. The first-order chi connectivity index (χ1) is 18.6. The summed E-state index contributed by atoms with van der Waals surface area (Å²) >= 11 is 0. The van der Waals surface area contributed by atoms with Crippen LogP contribution in [0.25, 0.3) is 0 Å². The van der Waals surface area contributed by atoms with Crippen LogP contribution in [0, 0.1) is 17.2 Å². The fourth-order valence-corrected chi connectivity index (χ4v) is 6.02. The van der Waals surface area contributed by atoms with Gasteiger partial charge in [0.05, 0.1) is 23.7 Å². The molecule has 4 rings (SSSR count). The van der Waals surface area contributed by atoms with E-state index in [9.17, 15) is 32.8 Å². The summed E-state index contributed by atoms with van der Waals surface area (Å²) in [6.07, 6.45) is -4.25. The second-order valence-corrected chi connectivity index (χ2v) is 12.1. The van der Waals surface area contributed by atoms with Gasteiger partial charge in [0, 0.05) is 25.7 Å². The fourth-order valence-electron chi connectivity index (χ4n) is 6.02. The van der Waals surface area contributed by atoms with E-state index >= 15 is 0 Å². The Morgan fingerprint density at radius 1 is 1.20 bits per heavy atom. The maximum atomic E-state index is 13.6. The van der Waals surface area contributed by atoms with Crippen molar-refractivity contribution in [3.63, 3.8) is 0 Å². The predicted molar refractivity (Wildman–Crippen MR) is 139 cm³/mol. The van der Waals surface area contributed by atoms with E-state index in [0.717, 1.165) is 12.1 Å². The zero-order valence-electron chi connectivity index (χ0n) is 23.4. The largest absolute Gasteiger partial charge is 0.444 e. The van der Waals surface area contributed by atoms with Gasteiger partial charge in [0.25, 0.3) is 0 Å². The molecule has 0 radical (unpaired) electrons. The van der Waals surface area contributed by atoms with E-state index in [1.807, 2.05) is 11.8 Å². The lowest BCUT2D eigenvalue weighted by molar-refractivity contribution is -0.141. The van der Waals surface area contributed by atoms with E-state index in [0.29, 0.717) is 31.5 Å². The van der Waals surface area contributed by atoms with Crippen molar-refractivity contribution >= 4 is 17.9 Å². The molecule has 0 aromatic heterocycles. The van der Waals surface area contributed by atoms with Gasteiger partial charge in [-0.25, -0.2) is 4.79 Å². The standard InChI is InChI=1S/C28H36F3N5O4/c1-16-9-20(12-32)35(13-16)24(37)22(33-26(39)40-27(3,4)5)15-34-14-21-11-23(34)25(38)36(21)17(2)18-7-6-8-19(10-18)28(29,30)31/h6-8,10,16-17,20-23H,9,11,13-15H2,1-5H3,(H,33,39). The number of ether oxygens (including phenoxy) is 1. The maximum Gasteiger partial charge on any atom is 0.416 e. The molecule has 6 unspecified atom stereocenters. The van der Waals surface area contributed by atoms with E-state index in [2.05, 4.69) is 11.4 Å². The van der Waals surface area contributed by atoms with Gasteiger partial charge in [-0.1, -0.05) is 19.1 Å². The highest BCUT2D eigenvalue weighted by atomic mass is 19.4. The summed E-state index contributed by atoms with van der Waals surface area (Å²) < 4.78 is 45.2. The second kappa shape index (κ2) is 10.9. The third kappa shape index (κ3) is 6.19. The maximum absolute atomic E-state index is 13.6. The van der Waals surface area contributed by atoms with E-state index in [1.165, 1.54) is 11.0 Å². The number of alkyl halides is 3. The van der Waals surface area contributed by atoms with Crippen molar-refractivity contribution in [3.8, 4) is 6.07 Å². The summed E-state index contributed by atoms with van der Waals surface area (Å²) in [4.78, 5) is 44.6. The van der Waals surface area contributed by atoms with Gasteiger partial charge in [-0.2, -0.15) is 18.4 Å². The average Bonchev–Trinajstić information content (AvgIpc) is 3.53. The number of amides is 3. The van der Waals surface area contributed by atoms with Crippen LogP contribution in [-0.4, -0.2) is 82.0 Å². The van der Waals surface area contributed by atoms with Gasteiger partial charge in [-0.3, -0.25) is 14.5 Å². The van der Waals surface area contributed by atoms with Crippen LogP contribution in [0.2, 0.25) is 0 Å².